The van der Waals surface area contributed by atoms with Gasteiger partial charge in [-0.3, -0.25) is 0 Å². The van der Waals surface area contributed by atoms with E-state index in [1.165, 1.54) is 94.6 Å². The highest BCUT2D eigenvalue weighted by atomic mass is 14.4. The van der Waals surface area contributed by atoms with Crippen molar-refractivity contribution in [3.05, 3.63) is 233 Å². The minimum atomic E-state index is 0.0384. The van der Waals surface area contributed by atoms with Gasteiger partial charge in [-0.15, -0.1) is 0 Å². The van der Waals surface area contributed by atoms with Gasteiger partial charge in [0.25, 0.3) is 0 Å². The molecule has 0 aromatic heterocycles. The standard InChI is InChI=1S/C28H24.C16H16.C14H16/c1-19-12-17-24-26(18-19)28(2,3)25-11-7-10-23(27(24)25)22-15-13-21(14-16-22)20-8-5-4-6-9-20;1-11-8-9-13-12-6-4-5-7-14(12)16(2,3)15(13)10-11;1-4-6-7-13(5-2)14-10-8-12(3)9-11-14/h4-18H,1-3H3;4-10H,1-3H3;4-11H,1H2,2-3H3/b;;7-6-,13-5+. The van der Waals surface area contributed by atoms with Crippen molar-refractivity contribution in [1.82, 2.24) is 0 Å². The van der Waals surface area contributed by atoms with Crippen LogP contribution in [0.5, 0.6) is 0 Å². The van der Waals surface area contributed by atoms with Gasteiger partial charge in [-0.1, -0.05) is 233 Å². The summed E-state index contributed by atoms with van der Waals surface area (Å²) >= 11 is 0. The van der Waals surface area contributed by atoms with E-state index < -0.39 is 0 Å². The molecule has 0 heteroatoms. The molecule has 0 radical (unpaired) electrons. The number of allylic oxidation sites excluding steroid dienone is 5. The van der Waals surface area contributed by atoms with Crippen molar-refractivity contribution in [3.63, 3.8) is 0 Å². The van der Waals surface area contributed by atoms with Gasteiger partial charge in [0.15, 0.2) is 0 Å². The van der Waals surface area contributed by atoms with E-state index in [4.69, 9.17) is 0 Å². The van der Waals surface area contributed by atoms with Gasteiger partial charge in [-0.25, -0.2) is 0 Å². The fourth-order valence-electron chi connectivity index (χ4n) is 8.71. The molecule has 288 valence electrons. The monoisotopic (exact) mass is 752 g/mol. The number of hydrogen-bond acceptors (Lipinski definition) is 0. The lowest BCUT2D eigenvalue weighted by molar-refractivity contribution is 0.659. The number of fused-ring (bicyclic) bond motifs is 6. The van der Waals surface area contributed by atoms with Crippen molar-refractivity contribution in [2.24, 2.45) is 0 Å². The van der Waals surface area contributed by atoms with Crippen LogP contribution in [0.1, 0.15) is 79.1 Å². The predicted molar refractivity (Wildman–Crippen MR) is 253 cm³/mol. The van der Waals surface area contributed by atoms with Crippen LogP contribution in [-0.4, -0.2) is 0 Å². The summed E-state index contributed by atoms with van der Waals surface area (Å²) < 4.78 is 0. The third-order valence-corrected chi connectivity index (χ3v) is 12.0. The van der Waals surface area contributed by atoms with Crippen LogP contribution in [0, 0.1) is 20.8 Å². The Labute approximate surface area is 348 Å². The molecule has 0 unspecified atom stereocenters. The van der Waals surface area contributed by atoms with Crippen LogP contribution in [0.25, 0.3) is 50.1 Å². The lowest BCUT2D eigenvalue weighted by atomic mass is 9.81. The SMILES string of the molecule is C=C/C=C\C(=C/C)c1ccc(C)cc1.Cc1ccc2c(c1)C(C)(C)c1cccc(-c3ccc(-c4ccccc4)cc3)c1-2.Cc1ccc2c(c1)C(C)(C)c1ccccc1-2. The Morgan fingerprint density at radius 3 is 1.60 bits per heavy atom. The maximum atomic E-state index is 3.66. The van der Waals surface area contributed by atoms with Gasteiger partial charge in [-0.05, 0) is 106 Å². The smallest absolute Gasteiger partial charge is 0.0159 e. The van der Waals surface area contributed by atoms with E-state index in [1.54, 1.807) is 6.08 Å². The van der Waals surface area contributed by atoms with E-state index >= 15 is 0 Å². The Bertz CT molecular complexity index is 2620. The number of benzene rings is 7. The van der Waals surface area contributed by atoms with Crippen LogP contribution in [0.3, 0.4) is 0 Å². The van der Waals surface area contributed by atoms with Crippen molar-refractivity contribution in [3.8, 4) is 44.5 Å². The third-order valence-electron chi connectivity index (χ3n) is 12.0. The van der Waals surface area contributed by atoms with Crippen LogP contribution in [0.15, 0.2) is 189 Å². The number of rotatable bonds is 5. The molecule has 0 N–H and O–H groups in total. The molecule has 2 aliphatic carbocycles. The first-order valence-corrected chi connectivity index (χ1v) is 20.6. The molecule has 0 amide bonds. The summed E-state index contributed by atoms with van der Waals surface area (Å²) in [6, 6.07) is 57.3. The molecule has 0 nitrogen and oxygen atoms in total. The van der Waals surface area contributed by atoms with Crippen molar-refractivity contribution in [2.75, 3.05) is 0 Å². The quantitative estimate of drug-likeness (QED) is 0.154. The van der Waals surface area contributed by atoms with Gasteiger partial charge in [0, 0.05) is 10.8 Å². The molecule has 0 spiro atoms. The molecule has 7 aromatic rings. The Kier molecular flexibility index (Phi) is 11.5. The van der Waals surface area contributed by atoms with Gasteiger partial charge in [0.2, 0.25) is 0 Å². The second kappa shape index (κ2) is 16.7. The number of hydrogen-bond donors (Lipinski definition) is 0. The van der Waals surface area contributed by atoms with Crippen molar-refractivity contribution < 1.29 is 0 Å². The molecule has 0 saturated carbocycles. The van der Waals surface area contributed by atoms with Crippen LogP contribution >= 0.6 is 0 Å². The zero-order valence-corrected chi connectivity index (χ0v) is 35.5. The first kappa shape index (κ1) is 40.0. The van der Waals surface area contributed by atoms with E-state index in [-0.39, 0.29) is 10.8 Å². The number of aryl methyl sites for hydroxylation is 3. The van der Waals surface area contributed by atoms with E-state index in [2.05, 4.69) is 225 Å². The molecule has 0 aliphatic heterocycles. The minimum Gasteiger partial charge on any atom is -0.0991 e. The van der Waals surface area contributed by atoms with Crippen LogP contribution in [-0.2, 0) is 10.8 Å². The van der Waals surface area contributed by atoms with E-state index in [1.807, 2.05) is 13.0 Å². The Morgan fingerprint density at radius 1 is 0.448 bits per heavy atom. The van der Waals surface area contributed by atoms with Gasteiger partial charge >= 0.3 is 0 Å². The lowest BCUT2D eigenvalue weighted by Gasteiger charge is -2.22. The highest BCUT2D eigenvalue weighted by molar-refractivity contribution is 5.93. The zero-order chi connectivity index (χ0) is 41.0. The molecule has 0 atom stereocenters. The summed E-state index contributed by atoms with van der Waals surface area (Å²) in [5.74, 6) is 0. The van der Waals surface area contributed by atoms with Crippen molar-refractivity contribution in [1.29, 1.82) is 0 Å². The summed E-state index contributed by atoms with van der Waals surface area (Å²) in [6.07, 6.45) is 7.91. The predicted octanol–water partition coefficient (Wildman–Crippen LogP) is 16.1. The van der Waals surface area contributed by atoms with E-state index in [0.717, 1.165) is 0 Å². The average Bonchev–Trinajstić information content (AvgIpc) is 3.61. The van der Waals surface area contributed by atoms with Crippen LogP contribution < -0.4 is 0 Å². The molecule has 0 bridgehead atoms. The summed E-state index contributed by atoms with van der Waals surface area (Å²) in [6.45, 7) is 21.5. The highest BCUT2D eigenvalue weighted by Gasteiger charge is 2.37. The molecular formula is C58H56. The molecular weight excluding hydrogens is 697 g/mol. The first-order valence-electron chi connectivity index (χ1n) is 20.6. The Balaban J connectivity index is 0.000000145. The van der Waals surface area contributed by atoms with Gasteiger partial charge < -0.3 is 0 Å². The maximum absolute atomic E-state index is 3.66. The molecule has 2 aliphatic rings. The molecule has 0 heterocycles. The van der Waals surface area contributed by atoms with Gasteiger partial charge in [-0.2, -0.15) is 0 Å². The molecule has 7 aromatic carbocycles. The molecule has 9 rings (SSSR count). The van der Waals surface area contributed by atoms with E-state index in [9.17, 15) is 0 Å². The average molecular weight is 753 g/mol. The van der Waals surface area contributed by atoms with Crippen LogP contribution in [0.2, 0.25) is 0 Å². The minimum absolute atomic E-state index is 0.0384. The zero-order valence-electron chi connectivity index (χ0n) is 35.5. The second-order valence-corrected chi connectivity index (χ2v) is 16.8. The second-order valence-electron chi connectivity index (χ2n) is 16.8. The normalized spacial score (nSPS) is 13.9. The Hall–Kier alpha value is -6.24. The first-order chi connectivity index (χ1) is 27.9. The molecule has 58 heavy (non-hydrogen) atoms. The van der Waals surface area contributed by atoms with E-state index in [0.29, 0.717) is 0 Å². The fraction of sp³-hybridized carbons (Fsp3) is 0.172. The van der Waals surface area contributed by atoms with Gasteiger partial charge in [0.1, 0.15) is 0 Å². The Morgan fingerprint density at radius 2 is 0.948 bits per heavy atom. The summed E-state index contributed by atoms with van der Waals surface area (Å²) in [7, 11) is 0. The summed E-state index contributed by atoms with van der Waals surface area (Å²) in [5, 5.41) is 0. The maximum Gasteiger partial charge on any atom is 0.0159 e. The van der Waals surface area contributed by atoms with Gasteiger partial charge in [0.05, 0.1) is 0 Å². The third kappa shape index (κ3) is 7.85. The van der Waals surface area contributed by atoms with Crippen molar-refractivity contribution in [2.45, 2.75) is 66.2 Å². The highest BCUT2D eigenvalue weighted by Crippen LogP contribution is 2.52. The summed E-state index contributed by atoms with van der Waals surface area (Å²) in [5.41, 5.74) is 23.1. The van der Waals surface area contributed by atoms with Crippen molar-refractivity contribution >= 4 is 5.57 Å². The molecule has 0 saturated heterocycles. The van der Waals surface area contributed by atoms with Crippen LogP contribution in [0.4, 0.5) is 0 Å². The largest absolute Gasteiger partial charge is 0.0991 e. The summed E-state index contributed by atoms with van der Waals surface area (Å²) in [4.78, 5) is 0. The molecule has 0 fully saturated rings. The lowest BCUT2D eigenvalue weighted by Crippen LogP contribution is -2.15. The fourth-order valence-corrected chi connectivity index (χ4v) is 8.71. The topological polar surface area (TPSA) is 0 Å².